The van der Waals surface area contributed by atoms with Gasteiger partial charge in [0, 0.05) is 6.04 Å². The van der Waals surface area contributed by atoms with Crippen molar-refractivity contribution in [2.24, 2.45) is 11.7 Å². The summed E-state index contributed by atoms with van der Waals surface area (Å²) in [7, 11) is 0. The maximum absolute atomic E-state index is 5.98. The second-order valence-corrected chi connectivity index (χ2v) is 4.58. The fourth-order valence-corrected chi connectivity index (χ4v) is 1.81. The molecule has 1 atom stereocenters. The average molecular weight is 242 g/mol. The van der Waals surface area contributed by atoms with Crippen molar-refractivity contribution < 1.29 is 4.74 Å². The molecule has 2 nitrogen and oxygen atoms in total. The summed E-state index contributed by atoms with van der Waals surface area (Å²) in [6.07, 6.45) is 2.55. The number of benzene rings is 1. The Morgan fingerprint density at radius 1 is 1.38 bits per heavy atom. The van der Waals surface area contributed by atoms with Gasteiger partial charge in [-0.3, -0.25) is 0 Å². The summed E-state index contributed by atoms with van der Waals surface area (Å²) in [5, 5.41) is 0. The summed E-state index contributed by atoms with van der Waals surface area (Å²) < 4.78 is 5.73. The van der Waals surface area contributed by atoms with E-state index in [0.29, 0.717) is 12.5 Å². The van der Waals surface area contributed by atoms with Gasteiger partial charge in [0.05, 0.1) is 0 Å². The van der Waals surface area contributed by atoms with E-state index in [-0.39, 0.29) is 18.4 Å². The van der Waals surface area contributed by atoms with Gasteiger partial charge in [-0.1, -0.05) is 17.7 Å². The number of hydrogen-bond donors (Lipinski definition) is 1. The topological polar surface area (TPSA) is 35.2 Å². The molecule has 0 heterocycles. The summed E-state index contributed by atoms with van der Waals surface area (Å²) >= 11 is 0. The van der Waals surface area contributed by atoms with Crippen molar-refractivity contribution >= 4 is 12.4 Å². The summed E-state index contributed by atoms with van der Waals surface area (Å²) in [4.78, 5) is 0. The third kappa shape index (κ3) is 3.39. The zero-order valence-corrected chi connectivity index (χ0v) is 10.7. The number of ether oxygens (including phenoxy) is 1. The second kappa shape index (κ2) is 5.55. The zero-order chi connectivity index (χ0) is 10.8. The van der Waals surface area contributed by atoms with Crippen molar-refractivity contribution in [3.8, 4) is 5.75 Å². The van der Waals surface area contributed by atoms with Gasteiger partial charge in [0.2, 0.25) is 0 Å². The van der Waals surface area contributed by atoms with Gasteiger partial charge in [-0.05, 0) is 44.2 Å². The minimum Gasteiger partial charge on any atom is -0.492 e. The molecule has 1 aliphatic rings. The van der Waals surface area contributed by atoms with Crippen LogP contribution in [0.2, 0.25) is 0 Å². The molecular weight excluding hydrogens is 222 g/mol. The standard InChI is InChI=1S/C13H19NO.ClH/c1-9-3-6-13(10(2)7-9)15-8-12(14)11-4-5-11;/h3,6-7,11-12H,4-5,8,14H2,1-2H3;1H. The predicted molar refractivity (Wildman–Crippen MR) is 69.4 cm³/mol. The van der Waals surface area contributed by atoms with Crippen LogP contribution in [0.4, 0.5) is 0 Å². The molecule has 0 amide bonds. The molecule has 1 unspecified atom stereocenters. The van der Waals surface area contributed by atoms with Crippen LogP contribution in [-0.4, -0.2) is 12.6 Å². The highest BCUT2D eigenvalue weighted by Crippen LogP contribution is 2.32. The van der Waals surface area contributed by atoms with Crippen LogP contribution in [0.15, 0.2) is 18.2 Å². The van der Waals surface area contributed by atoms with Gasteiger partial charge < -0.3 is 10.5 Å². The Morgan fingerprint density at radius 3 is 2.62 bits per heavy atom. The minimum absolute atomic E-state index is 0. The van der Waals surface area contributed by atoms with Gasteiger partial charge in [0.25, 0.3) is 0 Å². The number of aryl methyl sites for hydroxylation is 2. The lowest BCUT2D eigenvalue weighted by Crippen LogP contribution is -2.30. The fourth-order valence-electron chi connectivity index (χ4n) is 1.81. The first-order valence-corrected chi connectivity index (χ1v) is 5.62. The Hall–Kier alpha value is -0.730. The van der Waals surface area contributed by atoms with E-state index in [1.54, 1.807) is 0 Å². The largest absolute Gasteiger partial charge is 0.492 e. The van der Waals surface area contributed by atoms with Crippen LogP contribution in [0.25, 0.3) is 0 Å². The summed E-state index contributed by atoms with van der Waals surface area (Å²) in [6, 6.07) is 6.46. The Balaban J connectivity index is 0.00000128. The fraction of sp³-hybridized carbons (Fsp3) is 0.538. The lowest BCUT2D eigenvalue weighted by molar-refractivity contribution is 0.274. The van der Waals surface area contributed by atoms with Crippen LogP contribution in [0.3, 0.4) is 0 Å². The van der Waals surface area contributed by atoms with Gasteiger partial charge in [0.15, 0.2) is 0 Å². The number of rotatable bonds is 4. The van der Waals surface area contributed by atoms with E-state index in [1.165, 1.54) is 24.0 Å². The third-order valence-corrected chi connectivity index (χ3v) is 2.99. The van der Waals surface area contributed by atoms with Crippen molar-refractivity contribution in [2.45, 2.75) is 32.7 Å². The van der Waals surface area contributed by atoms with E-state index in [2.05, 4.69) is 26.0 Å². The molecule has 1 aromatic carbocycles. The normalized spacial score (nSPS) is 16.4. The van der Waals surface area contributed by atoms with Crippen molar-refractivity contribution in [3.05, 3.63) is 29.3 Å². The molecule has 0 spiro atoms. The van der Waals surface area contributed by atoms with Gasteiger partial charge in [-0.25, -0.2) is 0 Å². The molecule has 0 aliphatic heterocycles. The lowest BCUT2D eigenvalue weighted by Gasteiger charge is -2.14. The minimum atomic E-state index is 0. The molecule has 1 fully saturated rings. The van der Waals surface area contributed by atoms with Gasteiger partial charge >= 0.3 is 0 Å². The van der Waals surface area contributed by atoms with Crippen LogP contribution >= 0.6 is 12.4 Å². The van der Waals surface area contributed by atoms with Gasteiger partial charge in [-0.15, -0.1) is 12.4 Å². The maximum atomic E-state index is 5.98. The molecule has 0 aromatic heterocycles. The van der Waals surface area contributed by atoms with E-state index >= 15 is 0 Å². The van der Waals surface area contributed by atoms with Crippen molar-refractivity contribution in [3.63, 3.8) is 0 Å². The van der Waals surface area contributed by atoms with Crippen LogP contribution in [0, 0.1) is 19.8 Å². The number of halogens is 1. The lowest BCUT2D eigenvalue weighted by atomic mass is 10.1. The van der Waals surface area contributed by atoms with E-state index in [0.717, 1.165) is 5.75 Å². The Kier molecular flexibility index (Phi) is 4.63. The Labute approximate surface area is 104 Å². The number of nitrogens with two attached hydrogens (primary N) is 1. The summed E-state index contributed by atoms with van der Waals surface area (Å²) in [5.41, 5.74) is 8.44. The summed E-state index contributed by atoms with van der Waals surface area (Å²) in [6.45, 7) is 4.81. The molecule has 3 heteroatoms. The molecule has 0 bridgehead atoms. The molecule has 1 aromatic rings. The van der Waals surface area contributed by atoms with E-state index in [1.807, 2.05) is 6.07 Å². The molecular formula is C13H20ClNO. The molecule has 0 saturated heterocycles. The van der Waals surface area contributed by atoms with Crippen molar-refractivity contribution in [1.29, 1.82) is 0 Å². The SMILES string of the molecule is Cc1ccc(OCC(N)C2CC2)c(C)c1.Cl. The van der Waals surface area contributed by atoms with E-state index in [9.17, 15) is 0 Å². The quantitative estimate of drug-likeness (QED) is 0.880. The number of hydrogen-bond acceptors (Lipinski definition) is 2. The van der Waals surface area contributed by atoms with Crippen molar-refractivity contribution in [1.82, 2.24) is 0 Å². The highest BCUT2D eigenvalue weighted by atomic mass is 35.5. The van der Waals surface area contributed by atoms with E-state index < -0.39 is 0 Å². The highest BCUT2D eigenvalue weighted by Gasteiger charge is 2.28. The van der Waals surface area contributed by atoms with Gasteiger partial charge in [0.1, 0.15) is 12.4 Å². The highest BCUT2D eigenvalue weighted by molar-refractivity contribution is 5.85. The van der Waals surface area contributed by atoms with Gasteiger partial charge in [-0.2, -0.15) is 0 Å². The van der Waals surface area contributed by atoms with Crippen LogP contribution in [-0.2, 0) is 0 Å². The van der Waals surface area contributed by atoms with Crippen molar-refractivity contribution in [2.75, 3.05) is 6.61 Å². The average Bonchev–Trinajstić information content (AvgIpc) is 2.99. The Bertz CT molecular complexity index is 350. The molecule has 1 saturated carbocycles. The monoisotopic (exact) mass is 241 g/mol. The van der Waals surface area contributed by atoms with Crippen LogP contribution < -0.4 is 10.5 Å². The van der Waals surface area contributed by atoms with E-state index in [4.69, 9.17) is 10.5 Å². The first kappa shape index (κ1) is 13.3. The molecule has 2 rings (SSSR count). The third-order valence-electron chi connectivity index (χ3n) is 2.99. The molecule has 2 N–H and O–H groups in total. The predicted octanol–water partition coefficient (Wildman–Crippen LogP) is 2.84. The second-order valence-electron chi connectivity index (χ2n) is 4.58. The molecule has 16 heavy (non-hydrogen) atoms. The first-order chi connectivity index (χ1) is 7.16. The molecule has 90 valence electrons. The molecule has 1 aliphatic carbocycles. The van der Waals surface area contributed by atoms with Crippen LogP contribution in [0.1, 0.15) is 24.0 Å². The maximum Gasteiger partial charge on any atom is 0.122 e. The molecule has 0 radical (unpaired) electrons. The zero-order valence-electron chi connectivity index (χ0n) is 9.90. The Morgan fingerprint density at radius 2 is 2.06 bits per heavy atom. The smallest absolute Gasteiger partial charge is 0.122 e. The first-order valence-electron chi connectivity index (χ1n) is 5.62. The van der Waals surface area contributed by atoms with Crippen LogP contribution in [0.5, 0.6) is 5.75 Å². The summed E-state index contributed by atoms with van der Waals surface area (Å²) in [5.74, 6) is 1.67.